The van der Waals surface area contributed by atoms with Crippen molar-refractivity contribution in [3.05, 3.63) is 48.6 Å². The van der Waals surface area contributed by atoms with Gasteiger partial charge in [0, 0.05) is 12.0 Å². The van der Waals surface area contributed by atoms with Crippen LogP contribution in [-0.2, 0) is 14.2 Å². The van der Waals surface area contributed by atoms with Crippen LogP contribution < -0.4 is 0 Å². The molecule has 1 aromatic carbocycles. The highest BCUT2D eigenvalue weighted by molar-refractivity contribution is 5.16. The van der Waals surface area contributed by atoms with Gasteiger partial charge in [-0.3, -0.25) is 0 Å². The molecule has 0 amide bonds. The number of fused-ring (bicyclic) bond motifs is 1. The van der Waals surface area contributed by atoms with Crippen molar-refractivity contribution in [3.63, 3.8) is 0 Å². The summed E-state index contributed by atoms with van der Waals surface area (Å²) >= 11 is 0. The monoisotopic (exact) mass is 262 g/mol. The molecule has 1 aromatic rings. The normalized spacial score (nSPS) is 38.5. The van der Waals surface area contributed by atoms with E-state index in [0.29, 0.717) is 13.0 Å². The van der Waals surface area contributed by atoms with Gasteiger partial charge in [0.05, 0.1) is 18.8 Å². The Kier molecular flexibility index (Phi) is 3.66. The fourth-order valence-electron chi connectivity index (χ4n) is 2.57. The number of ether oxygens (including phenoxy) is 3. The Balaban J connectivity index is 1.69. The van der Waals surface area contributed by atoms with Crippen LogP contribution in [0.1, 0.15) is 18.3 Å². The van der Waals surface area contributed by atoms with Crippen molar-refractivity contribution in [2.75, 3.05) is 6.61 Å². The number of hydrogen-bond acceptors (Lipinski definition) is 4. The van der Waals surface area contributed by atoms with E-state index in [4.69, 9.17) is 14.2 Å². The van der Waals surface area contributed by atoms with Crippen LogP contribution in [0.4, 0.5) is 0 Å². The fourth-order valence-corrected chi connectivity index (χ4v) is 2.57. The highest BCUT2D eigenvalue weighted by Gasteiger charge is 2.41. The van der Waals surface area contributed by atoms with Crippen molar-refractivity contribution in [1.29, 1.82) is 0 Å². The summed E-state index contributed by atoms with van der Waals surface area (Å²) in [7, 11) is 0. The Morgan fingerprint density at radius 2 is 1.95 bits per heavy atom. The summed E-state index contributed by atoms with van der Waals surface area (Å²) in [5.74, 6) is 0. The van der Waals surface area contributed by atoms with E-state index in [1.54, 1.807) is 6.08 Å². The second kappa shape index (κ2) is 5.43. The third-order valence-corrected chi connectivity index (χ3v) is 3.61. The number of aliphatic hydroxyl groups is 1. The van der Waals surface area contributed by atoms with Gasteiger partial charge >= 0.3 is 0 Å². The Labute approximate surface area is 112 Å². The lowest BCUT2D eigenvalue weighted by atomic mass is 9.97. The number of aliphatic hydroxyl groups excluding tert-OH is 1. The number of hydrogen-bond donors (Lipinski definition) is 1. The average molecular weight is 262 g/mol. The van der Waals surface area contributed by atoms with Crippen LogP contribution in [0.5, 0.6) is 0 Å². The lowest BCUT2D eigenvalue weighted by Crippen LogP contribution is -2.52. The molecule has 2 aliphatic rings. The lowest BCUT2D eigenvalue weighted by Gasteiger charge is -2.43. The minimum Gasteiger partial charge on any atom is -0.390 e. The van der Waals surface area contributed by atoms with E-state index in [1.807, 2.05) is 30.3 Å². The quantitative estimate of drug-likeness (QED) is 0.826. The molecule has 4 heteroatoms. The zero-order chi connectivity index (χ0) is 13.2. The first-order valence-corrected chi connectivity index (χ1v) is 6.56. The summed E-state index contributed by atoms with van der Waals surface area (Å²) in [6, 6.07) is 9.80. The largest absolute Gasteiger partial charge is 0.390 e. The summed E-state index contributed by atoms with van der Waals surface area (Å²) in [6.07, 6.45) is 0.642. The average Bonchev–Trinajstić information content (AvgIpc) is 2.47. The van der Waals surface area contributed by atoms with Crippen LogP contribution in [0, 0.1) is 0 Å². The molecule has 5 atom stereocenters. The second-order valence-corrected chi connectivity index (χ2v) is 4.93. The standard InChI is InChI=1S/C15H18O4/c1-2-12-11(16)8-13-14(18-12)9-17-15(19-13)10-6-4-3-5-7-10/h2-7,11-16H,1,8-9H2/t11-,12+,13?,14?,15-/m1/s1. The Morgan fingerprint density at radius 1 is 1.16 bits per heavy atom. The van der Waals surface area contributed by atoms with Gasteiger partial charge in [0.1, 0.15) is 12.2 Å². The van der Waals surface area contributed by atoms with Crippen LogP contribution in [0.15, 0.2) is 43.0 Å². The molecular formula is C15H18O4. The molecule has 19 heavy (non-hydrogen) atoms. The molecule has 0 aliphatic carbocycles. The third-order valence-electron chi connectivity index (χ3n) is 3.61. The van der Waals surface area contributed by atoms with Crippen LogP contribution in [0.2, 0.25) is 0 Å². The van der Waals surface area contributed by atoms with Gasteiger partial charge in [0.25, 0.3) is 0 Å². The van der Waals surface area contributed by atoms with Crippen LogP contribution >= 0.6 is 0 Å². The van der Waals surface area contributed by atoms with E-state index in [9.17, 15) is 5.11 Å². The van der Waals surface area contributed by atoms with E-state index in [-0.39, 0.29) is 24.6 Å². The summed E-state index contributed by atoms with van der Waals surface area (Å²) in [4.78, 5) is 0. The van der Waals surface area contributed by atoms with Gasteiger partial charge < -0.3 is 19.3 Å². The lowest BCUT2D eigenvalue weighted by molar-refractivity contribution is -0.296. The predicted octanol–water partition coefficient (Wildman–Crippen LogP) is 1.81. The zero-order valence-electron chi connectivity index (χ0n) is 10.6. The van der Waals surface area contributed by atoms with Crippen LogP contribution in [-0.4, -0.2) is 36.1 Å². The van der Waals surface area contributed by atoms with Crippen molar-refractivity contribution in [2.45, 2.75) is 37.1 Å². The van der Waals surface area contributed by atoms with Crippen molar-refractivity contribution in [3.8, 4) is 0 Å². The molecule has 2 unspecified atom stereocenters. The molecule has 2 aliphatic heterocycles. The van der Waals surface area contributed by atoms with Gasteiger partial charge in [0.15, 0.2) is 6.29 Å². The van der Waals surface area contributed by atoms with E-state index in [1.165, 1.54) is 0 Å². The van der Waals surface area contributed by atoms with Gasteiger partial charge in [0.2, 0.25) is 0 Å². The minimum absolute atomic E-state index is 0.133. The molecule has 2 heterocycles. The fraction of sp³-hybridized carbons (Fsp3) is 0.467. The molecule has 0 bridgehead atoms. The number of rotatable bonds is 2. The summed E-state index contributed by atoms with van der Waals surface area (Å²) in [5, 5.41) is 9.95. The van der Waals surface area contributed by atoms with Crippen molar-refractivity contribution in [2.24, 2.45) is 0 Å². The number of benzene rings is 1. The molecule has 0 radical (unpaired) electrons. The summed E-state index contributed by atoms with van der Waals surface area (Å²) in [6.45, 7) is 4.14. The Morgan fingerprint density at radius 3 is 2.68 bits per heavy atom. The molecule has 102 valence electrons. The minimum atomic E-state index is -0.562. The molecule has 2 fully saturated rings. The molecule has 1 N–H and O–H groups in total. The zero-order valence-corrected chi connectivity index (χ0v) is 10.6. The molecule has 3 rings (SSSR count). The Bertz CT molecular complexity index is 433. The van der Waals surface area contributed by atoms with Gasteiger partial charge in [-0.25, -0.2) is 0 Å². The van der Waals surface area contributed by atoms with Gasteiger partial charge in [-0.2, -0.15) is 0 Å². The van der Waals surface area contributed by atoms with E-state index in [0.717, 1.165) is 5.56 Å². The van der Waals surface area contributed by atoms with Crippen molar-refractivity contribution in [1.82, 2.24) is 0 Å². The first-order valence-electron chi connectivity index (χ1n) is 6.56. The first-order chi connectivity index (χ1) is 9.28. The topological polar surface area (TPSA) is 47.9 Å². The first kappa shape index (κ1) is 12.8. The van der Waals surface area contributed by atoms with E-state index >= 15 is 0 Å². The van der Waals surface area contributed by atoms with Gasteiger partial charge in [-0.05, 0) is 0 Å². The predicted molar refractivity (Wildman–Crippen MR) is 69.5 cm³/mol. The molecule has 0 spiro atoms. The second-order valence-electron chi connectivity index (χ2n) is 4.93. The Hall–Kier alpha value is -1.20. The molecule has 0 saturated carbocycles. The van der Waals surface area contributed by atoms with Gasteiger partial charge in [-0.15, -0.1) is 6.58 Å². The SMILES string of the molecule is C=C[C@@H]1OC2CO[C@@H](c3ccccc3)OC2C[C@H]1O. The maximum atomic E-state index is 9.95. The molecule has 4 nitrogen and oxygen atoms in total. The van der Waals surface area contributed by atoms with Gasteiger partial charge in [-0.1, -0.05) is 36.4 Å². The highest BCUT2D eigenvalue weighted by atomic mass is 16.7. The summed E-state index contributed by atoms with van der Waals surface area (Å²) < 4.78 is 17.3. The molecular weight excluding hydrogens is 244 g/mol. The van der Waals surface area contributed by atoms with Crippen molar-refractivity contribution < 1.29 is 19.3 Å². The highest BCUT2D eigenvalue weighted by Crippen LogP contribution is 2.33. The molecule has 0 aromatic heterocycles. The smallest absolute Gasteiger partial charge is 0.184 e. The van der Waals surface area contributed by atoms with E-state index < -0.39 is 6.10 Å². The third kappa shape index (κ3) is 2.58. The molecule has 2 saturated heterocycles. The maximum Gasteiger partial charge on any atom is 0.184 e. The van der Waals surface area contributed by atoms with Crippen LogP contribution in [0.3, 0.4) is 0 Å². The van der Waals surface area contributed by atoms with Crippen LogP contribution in [0.25, 0.3) is 0 Å². The maximum absolute atomic E-state index is 9.95. The summed E-state index contributed by atoms with van der Waals surface area (Å²) in [5.41, 5.74) is 0.987. The van der Waals surface area contributed by atoms with E-state index in [2.05, 4.69) is 6.58 Å². The van der Waals surface area contributed by atoms with Crippen molar-refractivity contribution >= 4 is 0 Å².